The largest absolute Gasteiger partial charge is 0.455 e. The molecule has 0 fully saturated rings. The summed E-state index contributed by atoms with van der Waals surface area (Å²) in [5.41, 5.74) is 17.3. The molecule has 0 spiro atoms. The topological polar surface area (TPSA) is 51.8 Å². The summed E-state index contributed by atoms with van der Waals surface area (Å²) in [6.45, 7) is 20.5. The molecule has 0 bridgehead atoms. The van der Waals surface area contributed by atoms with Gasteiger partial charge in [0.15, 0.2) is 0 Å². The van der Waals surface area contributed by atoms with E-state index in [-0.39, 0.29) is 26.0 Å². The maximum Gasteiger partial charge on any atom is 0.145 e. The number of hydrogen-bond donors (Lipinski definition) is 0. The first kappa shape index (κ1) is 51.3. The van der Waals surface area contributed by atoms with Crippen LogP contribution in [0.15, 0.2) is 205 Å². The molecule has 6 aromatic carbocycles. The second-order valence-electron chi connectivity index (χ2n) is 19.5. The molecule has 0 saturated heterocycles. The number of benzene rings is 6. The minimum Gasteiger partial charge on any atom is -0.455 e. The first-order valence-corrected chi connectivity index (χ1v) is 28.0. The standard InChI is InChI=1S/C34H29NO.C17H23NSi.C13H13N.Ir/c1-22(2)26-14-15-30-32(21-26)36-34-29(17-16-28(33(30)34)25-12-8-5-9-13-25)31-20-27(18-19-35-31)23(3)24-10-6-4-7-11-24;1-13(2)15-11-16(14-9-7-6-8-10-14)18-12-17(15)19(3,4)5;1-2-11-8-9-14-13(10-11)12-6-4-3-5-7-12;/h4-23H,1-3H3;6-13H,1-5H3;3-10H,2H2,1H3;. The molecule has 1 radical (unpaired) electrons. The van der Waals surface area contributed by atoms with Crippen molar-refractivity contribution in [1.82, 2.24) is 15.0 Å². The Morgan fingerprint density at radius 2 is 1.04 bits per heavy atom. The minimum absolute atomic E-state index is 0. The van der Waals surface area contributed by atoms with Crippen molar-refractivity contribution in [2.45, 2.75) is 85.4 Å². The van der Waals surface area contributed by atoms with Crippen LogP contribution in [0.25, 0.3) is 66.8 Å². The van der Waals surface area contributed by atoms with Crippen LogP contribution >= 0.6 is 0 Å². The summed E-state index contributed by atoms with van der Waals surface area (Å²) in [6, 6.07) is 63.7. The normalized spacial score (nSPS) is 11.6. The molecule has 0 aliphatic carbocycles. The van der Waals surface area contributed by atoms with E-state index in [0.29, 0.717) is 11.8 Å². The Hall–Kier alpha value is -6.56. The number of nitrogens with zero attached hydrogens (tertiary/aromatic N) is 3. The number of fused-ring (bicyclic) bond motifs is 3. The molecule has 0 aliphatic rings. The molecule has 0 amide bonds. The van der Waals surface area contributed by atoms with Gasteiger partial charge in [-0.1, -0.05) is 201 Å². The van der Waals surface area contributed by atoms with Crippen molar-refractivity contribution in [3.8, 4) is 44.9 Å². The average molecular weight is 1110 g/mol. The molecule has 0 N–H and O–H groups in total. The van der Waals surface area contributed by atoms with E-state index in [1.807, 2.05) is 36.7 Å². The fraction of sp³-hybridized carbons (Fsp3) is 0.203. The summed E-state index contributed by atoms with van der Waals surface area (Å²) in [5, 5.41) is 3.78. The number of hydrogen-bond acceptors (Lipinski definition) is 4. The molecule has 10 rings (SSSR count). The minimum atomic E-state index is -1.33. The van der Waals surface area contributed by atoms with Crippen molar-refractivity contribution in [2.75, 3.05) is 0 Å². The van der Waals surface area contributed by atoms with Crippen LogP contribution < -0.4 is 5.19 Å². The van der Waals surface area contributed by atoms with Gasteiger partial charge < -0.3 is 4.42 Å². The second kappa shape index (κ2) is 23.4. The molecule has 0 saturated carbocycles. The Morgan fingerprint density at radius 3 is 1.63 bits per heavy atom. The molecular formula is C64H65IrN3OSi. The number of furan rings is 1. The fourth-order valence-electron chi connectivity index (χ4n) is 8.92. The van der Waals surface area contributed by atoms with Crippen LogP contribution in [0.4, 0.5) is 0 Å². The summed E-state index contributed by atoms with van der Waals surface area (Å²) in [4.78, 5) is 13.8. The summed E-state index contributed by atoms with van der Waals surface area (Å²) in [6.07, 6.45) is 6.97. The van der Waals surface area contributed by atoms with Crippen LogP contribution in [-0.4, -0.2) is 23.0 Å². The van der Waals surface area contributed by atoms with Gasteiger partial charge in [0.25, 0.3) is 0 Å². The molecule has 70 heavy (non-hydrogen) atoms. The van der Waals surface area contributed by atoms with Gasteiger partial charge in [-0.15, -0.1) is 0 Å². The monoisotopic (exact) mass is 1110 g/mol. The Bertz CT molecular complexity index is 3250. The predicted octanol–water partition coefficient (Wildman–Crippen LogP) is 17.3. The third kappa shape index (κ3) is 12.1. The third-order valence-corrected chi connectivity index (χ3v) is 15.0. The SMILES string of the molecule is CC(C)c1cc(-c2ccccc2)ncc1[Si](C)(C)C.CC(C)c1ccc2c(c1)oc1c(-c3cc(C(C)c4ccccc4)ccn3)ccc(-c3ccccc3)c12.CCc1ccnc(-c2ccccc2)c1.[Ir]. The molecule has 4 heterocycles. The summed E-state index contributed by atoms with van der Waals surface area (Å²) >= 11 is 0. The predicted molar refractivity (Wildman–Crippen MR) is 296 cm³/mol. The molecule has 1 atom stereocenters. The van der Waals surface area contributed by atoms with Crippen molar-refractivity contribution in [3.63, 3.8) is 0 Å². The zero-order valence-corrected chi connectivity index (χ0v) is 45.5. The van der Waals surface area contributed by atoms with Crippen LogP contribution in [0, 0.1) is 0 Å². The van der Waals surface area contributed by atoms with Crippen LogP contribution in [0.5, 0.6) is 0 Å². The van der Waals surface area contributed by atoms with Crippen LogP contribution in [0.2, 0.25) is 19.6 Å². The van der Waals surface area contributed by atoms with Gasteiger partial charge in [0.05, 0.1) is 25.2 Å². The first-order chi connectivity index (χ1) is 33.4. The van der Waals surface area contributed by atoms with Gasteiger partial charge in [-0.05, 0) is 105 Å². The zero-order valence-electron chi connectivity index (χ0n) is 42.1. The summed E-state index contributed by atoms with van der Waals surface area (Å²) in [7, 11) is -1.33. The second-order valence-corrected chi connectivity index (χ2v) is 24.6. The van der Waals surface area contributed by atoms with Crippen molar-refractivity contribution in [1.29, 1.82) is 0 Å². The van der Waals surface area contributed by atoms with Gasteiger partial charge in [-0.2, -0.15) is 0 Å². The molecule has 355 valence electrons. The first-order valence-electron chi connectivity index (χ1n) is 24.5. The van der Waals surface area contributed by atoms with Crippen molar-refractivity contribution in [2.24, 2.45) is 0 Å². The Kier molecular flexibility index (Phi) is 17.1. The van der Waals surface area contributed by atoms with E-state index < -0.39 is 8.07 Å². The van der Waals surface area contributed by atoms with E-state index in [0.717, 1.165) is 51.0 Å². The Labute approximate surface area is 430 Å². The van der Waals surface area contributed by atoms with Crippen molar-refractivity contribution < 1.29 is 24.5 Å². The number of rotatable bonds is 10. The van der Waals surface area contributed by atoms with Crippen molar-refractivity contribution in [3.05, 3.63) is 228 Å². The van der Waals surface area contributed by atoms with Crippen molar-refractivity contribution >= 4 is 35.2 Å². The van der Waals surface area contributed by atoms with E-state index in [4.69, 9.17) is 14.4 Å². The molecule has 6 heteroatoms. The Balaban J connectivity index is 0.000000177. The molecular weight excluding hydrogens is 1050 g/mol. The molecule has 10 aromatic rings. The van der Waals surface area contributed by atoms with Gasteiger partial charge in [-0.3, -0.25) is 15.0 Å². The van der Waals surface area contributed by atoms with Gasteiger partial charge in [0, 0.05) is 72.1 Å². The van der Waals surface area contributed by atoms with E-state index >= 15 is 0 Å². The van der Waals surface area contributed by atoms with E-state index in [9.17, 15) is 0 Å². The third-order valence-electron chi connectivity index (χ3n) is 13.0. The van der Waals surface area contributed by atoms with E-state index in [2.05, 4.69) is 230 Å². The molecule has 4 nitrogen and oxygen atoms in total. The molecule has 1 unspecified atom stereocenters. The van der Waals surface area contributed by atoms with Crippen LogP contribution in [-0.2, 0) is 26.5 Å². The van der Waals surface area contributed by atoms with E-state index in [1.165, 1.54) is 55.3 Å². The number of pyridine rings is 3. The quantitative estimate of drug-likeness (QED) is 0.128. The van der Waals surface area contributed by atoms with Crippen LogP contribution in [0.1, 0.15) is 87.1 Å². The smallest absolute Gasteiger partial charge is 0.145 e. The maximum absolute atomic E-state index is 6.64. The summed E-state index contributed by atoms with van der Waals surface area (Å²) < 4.78 is 6.64. The van der Waals surface area contributed by atoms with E-state index in [1.54, 1.807) is 0 Å². The van der Waals surface area contributed by atoms with Crippen LogP contribution in [0.3, 0.4) is 0 Å². The fourth-order valence-corrected chi connectivity index (χ4v) is 10.6. The maximum atomic E-state index is 6.64. The number of aromatic nitrogens is 3. The van der Waals surface area contributed by atoms with Gasteiger partial charge in [0.2, 0.25) is 0 Å². The number of aryl methyl sites for hydroxylation is 1. The van der Waals surface area contributed by atoms with Gasteiger partial charge >= 0.3 is 0 Å². The molecule has 0 aliphatic heterocycles. The van der Waals surface area contributed by atoms with Gasteiger partial charge in [-0.25, -0.2) is 0 Å². The zero-order chi connectivity index (χ0) is 48.5. The Morgan fingerprint density at radius 1 is 0.486 bits per heavy atom. The molecule has 4 aromatic heterocycles. The van der Waals surface area contributed by atoms with Gasteiger partial charge in [0.1, 0.15) is 11.2 Å². The average Bonchev–Trinajstić information content (AvgIpc) is 3.78. The summed E-state index contributed by atoms with van der Waals surface area (Å²) in [5.74, 6) is 1.26.